The quantitative estimate of drug-likeness (QED) is 0.573. The van der Waals surface area contributed by atoms with Crippen molar-refractivity contribution >= 4 is 11.7 Å². The zero-order valence-electron chi connectivity index (χ0n) is 10.2. The summed E-state index contributed by atoms with van der Waals surface area (Å²) >= 11 is 0. The van der Waals surface area contributed by atoms with Crippen molar-refractivity contribution in [2.75, 3.05) is 25.0 Å². The zero-order chi connectivity index (χ0) is 12.7. The van der Waals surface area contributed by atoms with Crippen molar-refractivity contribution in [3.8, 4) is 0 Å². The predicted octanol–water partition coefficient (Wildman–Crippen LogP) is 0.0933. The first-order valence-electron chi connectivity index (χ1n) is 6.06. The van der Waals surface area contributed by atoms with Gasteiger partial charge in [-0.2, -0.15) is 0 Å². The van der Waals surface area contributed by atoms with Crippen molar-refractivity contribution in [1.29, 1.82) is 0 Å². The fourth-order valence-corrected chi connectivity index (χ4v) is 2.90. The summed E-state index contributed by atoms with van der Waals surface area (Å²) < 4.78 is 0. The van der Waals surface area contributed by atoms with Crippen LogP contribution in [0, 0.1) is 0 Å². The van der Waals surface area contributed by atoms with Gasteiger partial charge in [0.1, 0.15) is 5.82 Å². The summed E-state index contributed by atoms with van der Waals surface area (Å²) in [6.45, 7) is 2.07. The molecule has 6 nitrogen and oxygen atoms in total. The number of piperazine rings is 1. The maximum atomic E-state index is 11.2. The van der Waals surface area contributed by atoms with Crippen LogP contribution in [0.15, 0.2) is 18.3 Å². The first-order valence-corrected chi connectivity index (χ1v) is 6.06. The molecule has 0 unspecified atom stereocenters. The van der Waals surface area contributed by atoms with Gasteiger partial charge in [-0.05, 0) is 25.6 Å². The molecule has 96 valence electrons. The molecule has 1 aromatic heterocycles. The lowest BCUT2D eigenvalue weighted by atomic mass is 10.2. The molecule has 3 rings (SSSR count). The molecule has 3 heterocycles. The highest BCUT2D eigenvalue weighted by Gasteiger charge is 2.41. The summed E-state index contributed by atoms with van der Waals surface area (Å²) in [6.07, 6.45) is 2.69. The summed E-state index contributed by atoms with van der Waals surface area (Å²) in [7, 11) is 2.16. The molecule has 18 heavy (non-hydrogen) atoms. The molecular formula is C12H16N4O2. The molecule has 2 saturated heterocycles. The molecule has 0 spiro atoms. The van der Waals surface area contributed by atoms with Gasteiger partial charge in [-0.1, -0.05) is 0 Å². The first kappa shape index (κ1) is 11.4. The highest BCUT2D eigenvalue weighted by Crippen LogP contribution is 2.32. The molecule has 0 radical (unpaired) electrons. The van der Waals surface area contributed by atoms with Crippen LogP contribution in [-0.2, 0) is 0 Å². The van der Waals surface area contributed by atoms with E-state index in [9.17, 15) is 4.79 Å². The normalized spacial score (nSPS) is 26.7. The van der Waals surface area contributed by atoms with Gasteiger partial charge in [0.25, 0.3) is 5.91 Å². The number of amides is 1. The molecule has 0 aliphatic carbocycles. The predicted molar refractivity (Wildman–Crippen MR) is 65.7 cm³/mol. The van der Waals surface area contributed by atoms with Gasteiger partial charge in [0.15, 0.2) is 0 Å². The lowest BCUT2D eigenvalue weighted by molar-refractivity contribution is 0.0706. The van der Waals surface area contributed by atoms with Gasteiger partial charge in [0.05, 0.1) is 5.56 Å². The van der Waals surface area contributed by atoms with Crippen LogP contribution in [0.3, 0.4) is 0 Å². The van der Waals surface area contributed by atoms with Crippen LogP contribution in [0.2, 0.25) is 0 Å². The van der Waals surface area contributed by atoms with Crippen LogP contribution in [0.1, 0.15) is 16.8 Å². The van der Waals surface area contributed by atoms with Crippen LogP contribution in [-0.4, -0.2) is 53.2 Å². The molecular weight excluding hydrogens is 232 g/mol. The number of likely N-dealkylation sites (N-methyl/N-ethyl adjacent to an activating group) is 1. The van der Waals surface area contributed by atoms with Gasteiger partial charge in [-0.25, -0.2) is 10.5 Å². The summed E-state index contributed by atoms with van der Waals surface area (Å²) in [4.78, 5) is 20.2. The van der Waals surface area contributed by atoms with Crippen molar-refractivity contribution in [2.24, 2.45) is 0 Å². The number of aromatic nitrogens is 1. The van der Waals surface area contributed by atoms with E-state index < -0.39 is 5.91 Å². The van der Waals surface area contributed by atoms with Crippen molar-refractivity contribution in [1.82, 2.24) is 15.4 Å². The second-order valence-electron chi connectivity index (χ2n) is 4.98. The van der Waals surface area contributed by atoms with Gasteiger partial charge in [0, 0.05) is 31.4 Å². The van der Waals surface area contributed by atoms with Crippen molar-refractivity contribution in [3.63, 3.8) is 0 Å². The smallest absolute Gasteiger partial charge is 0.276 e. The molecule has 0 saturated carbocycles. The van der Waals surface area contributed by atoms with Gasteiger partial charge >= 0.3 is 0 Å². The number of nitrogens with one attached hydrogen (secondary N) is 1. The Balaban J connectivity index is 1.76. The number of fused-ring (bicyclic) bond motifs is 2. The number of pyridine rings is 1. The summed E-state index contributed by atoms with van der Waals surface area (Å²) in [6, 6.07) is 4.68. The summed E-state index contributed by atoms with van der Waals surface area (Å²) in [5.74, 6) is 0.377. The maximum Gasteiger partial charge on any atom is 0.276 e. The Kier molecular flexibility index (Phi) is 2.68. The number of rotatable bonds is 2. The lowest BCUT2D eigenvalue weighted by Crippen LogP contribution is -2.44. The second-order valence-corrected chi connectivity index (χ2v) is 4.98. The van der Waals surface area contributed by atoms with E-state index in [2.05, 4.69) is 21.8 Å². The second kappa shape index (κ2) is 4.22. The number of likely N-dealkylation sites (tertiary alicyclic amines) is 1. The van der Waals surface area contributed by atoms with Crippen LogP contribution < -0.4 is 10.4 Å². The third-order valence-corrected chi connectivity index (χ3v) is 3.92. The number of nitrogens with zero attached hydrogens (tertiary/aromatic N) is 3. The first-order chi connectivity index (χ1) is 8.69. The summed E-state index contributed by atoms with van der Waals surface area (Å²) in [5.41, 5.74) is 1.97. The highest BCUT2D eigenvalue weighted by atomic mass is 16.5. The Bertz CT molecular complexity index is 460. The highest BCUT2D eigenvalue weighted by molar-refractivity contribution is 5.93. The molecule has 2 bridgehead atoms. The van der Waals surface area contributed by atoms with Gasteiger partial charge in [-0.15, -0.1) is 0 Å². The van der Waals surface area contributed by atoms with Crippen LogP contribution >= 0.6 is 0 Å². The Hall–Kier alpha value is -1.66. The van der Waals surface area contributed by atoms with E-state index in [4.69, 9.17) is 5.21 Å². The fourth-order valence-electron chi connectivity index (χ4n) is 2.90. The minimum absolute atomic E-state index is 0.364. The van der Waals surface area contributed by atoms with Crippen molar-refractivity contribution < 1.29 is 10.0 Å². The number of carbonyl (C=O) groups excluding carboxylic acids is 1. The van der Waals surface area contributed by atoms with E-state index >= 15 is 0 Å². The van der Waals surface area contributed by atoms with Crippen LogP contribution in [0.5, 0.6) is 0 Å². The van der Waals surface area contributed by atoms with Gasteiger partial charge in [0.2, 0.25) is 0 Å². The van der Waals surface area contributed by atoms with Crippen molar-refractivity contribution in [2.45, 2.75) is 18.5 Å². The Labute approximate surface area is 105 Å². The minimum Gasteiger partial charge on any atom is -0.351 e. The van der Waals surface area contributed by atoms with Gasteiger partial charge in [-0.3, -0.25) is 14.9 Å². The van der Waals surface area contributed by atoms with E-state index in [0.717, 1.165) is 18.9 Å². The Morgan fingerprint density at radius 1 is 1.44 bits per heavy atom. The van der Waals surface area contributed by atoms with E-state index in [0.29, 0.717) is 17.6 Å². The summed E-state index contributed by atoms with van der Waals surface area (Å²) in [5, 5.41) is 8.54. The Morgan fingerprint density at radius 3 is 2.78 bits per heavy atom. The molecule has 2 fully saturated rings. The third-order valence-electron chi connectivity index (χ3n) is 3.92. The number of anilines is 1. The topological polar surface area (TPSA) is 68.7 Å². The third kappa shape index (κ3) is 1.74. The average Bonchev–Trinajstić information content (AvgIpc) is 2.97. The molecule has 1 aromatic rings. The average molecular weight is 248 g/mol. The number of hydroxylamine groups is 1. The molecule has 1 amide bonds. The zero-order valence-corrected chi connectivity index (χ0v) is 10.2. The number of hydrogen-bond acceptors (Lipinski definition) is 5. The molecule has 2 atom stereocenters. The van der Waals surface area contributed by atoms with Gasteiger partial charge < -0.3 is 4.90 Å². The minimum atomic E-state index is -0.531. The van der Waals surface area contributed by atoms with Crippen LogP contribution in [0.4, 0.5) is 5.82 Å². The molecule has 6 heteroatoms. The largest absolute Gasteiger partial charge is 0.351 e. The lowest BCUT2D eigenvalue weighted by Gasteiger charge is -2.32. The SMILES string of the molecule is CN1C[C@H]2C[C@@H]1CN2c1ccc(C(=O)NO)cn1. The van der Waals surface area contributed by atoms with Crippen LogP contribution in [0.25, 0.3) is 0 Å². The number of hydrogen-bond donors (Lipinski definition) is 2. The Morgan fingerprint density at radius 2 is 2.28 bits per heavy atom. The van der Waals surface area contributed by atoms with E-state index in [1.807, 2.05) is 6.07 Å². The van der Waals surface area contributed by atoms with Crippen molar-refractivity contribution in [3.05, 3.63) is 23.9 Å². The maximum absolute atomic E-state index is 11.2. The van der Waals surface area contributed by atoms with E-state index in [1.54, 1.807) is 11.5 Å². The molecule has 0 aromatic carbocycles. The molecule has 2 N–H and O–H groups in total. The van der Waals surface area contributed by atoms with E-state index in [-0.39, 0.29) is 0 Å². The number of carbonyl (C=O) groups is 1. The molecule has 2 aliphatic heterocycles. The monoisotopic (exact) mass is 248 g/mol. The van der Waals surface area contributed by atoms with E-state index in [1.165, 1.54) is 12.6 Å². The molecule has 2 aliphatic rings. The fraction of sp³-hybridized carbons (Fsp3) is 0.500. The standard InChI is InChI=1S/C12H16N4O2/c1-15-6-10-4-9(15)7-16(10)11-3-2-8(5-13-11)12(17)14-18/h2-3,5,9-10,18H,4,6-7H2,1H3,(H,14,17)/t9-,10-/m1/s1.